The number of nitrogens with one attached hydrogen (secondary N) is 1. The van der Waals surface area contributed by atoms with Crippen molar-refractivity contribution >= 4 is 17.2 Å². The summed E-state index contributed by atoms with van der Waals surface area (Å²) in [6.45, 7) is 1.52. The number of nitrogens with zero attached hydrogens (tertiary/aromatic N) is 1. The van der Waals surface area contributed by atoms with Crippen molar-refractivity contribution in [2.45, 2.75) is 13.1 Å². The minimum atomic E-state index is -0.268. The van der Waals surface area contributed by atoms with E-state index in [1.807, 2.05) is 17.3 Å². The number of benzene rings is 1. The maximum absolute atomic E-state index is 12.7. The summed E-state index contributed by atoms with van der Waals surface area (Å²) in [6, 6.07) is 8.18. The molecule has 0 atom stereocenters. The van der Waals surface area contributed by atoms with E-state index in [2.05, 4.69) is 16.8 Å². The molecular formula is C15H17FN2OS. The fraction of sp³-hybridized carbons (Fsp3) is 0.267. The lowest BCUT2D eigenvalue weighted by atomic mass is 10.2. The second-order valence-corrected chi connectivity index (χ2v) is 5.49. The standard InChI is InChI=1S/C15H17FN2OS/c1-18(9-13-6-7-20-11-13)10-15(19)17-8-12-2-4-14(16)5-3-12/h2-7,11H,8-10H2,1H3,(H,17,19). The highest BCUT2D eigenvalue weighted by atomic mass is 32.1. The smallest absolute Gasteiger partial charge is 0.234 e. The second kappa shape index (κ2) is 7.17. The van der Waals surface area contributed by atoms with Crippen molar-refractivity contribution in [2.75, 3.05) is 13.6 Å². The molecule has 1 amide bonds. The summed E-state index contributed by atoms with van der Waals surface area (Å²) in [4.78, 5) is 13.8. The molecule has 1 N–H and O–H groups in total. The Morgan fingerprint density at radius 1 is 1.25 bits per heavy atom. The van der Waals surface area contributed by atoms with E-state index >= 15 is 0 Å². The molecule has 0 saturated heterocycles. The van der Waals surface area contributed by atoms with Crippen LogP contribution in [0, 0.1) is 5.82 Å². The molecule has 5 heteroatoms. The Morgan fingerprint density at radius 2 is 2.00 bits per heavy atom. The fourth-order valence-electron chi connectivity index (χ4n) is 1.85. The van der Waals surface area contributed by atoms with E-state index < -0.39 is 0 Å². The third-order valence-electron chi connectivity index (χ3n) is 2.85. The minimum Gasteiger partial charge on any atom is -0.351 e. The van der Waals surface area contributed by atoms with Crippen LogP contribution in [-0.2, 0) is 17.9 Å². The zero-order valence-electron chi connectivity index (χ0n) is 11.3. The minimum absolute atomic E-state index is 0.0351. The number of carbonyl (C=O) groups excluding carboxylic acids is 1. The van der Waals surface area contributed by atoms with Crippen LogP contribution < -0.4 is 5.32 Å². The topological polar surface area (TPSA) is 32.3 Å². The summed E-state index contributed by atoms with van der Waals surface area (Å²) < 4.78 is 12.7. The predicted octanol–water partition coefficient (Wildman–Crippen LogP) is 2.64. The molecule has 1 heterocycles. The maximum Gasteiger partial charge on any atom is 0.234 e. The molecule has 1 aromatic heterocycles. The highest BCUT2D eigenvalue weighted by Gasteiger charge is 2.07. The quantitative estimate of drug-likeness (QED) is 0.887. The van der Waals surface area contributed by atoms with E-state index in [0.717, 1.165) is 12.1 Å². The van der Waals surface area contributed by atoms with Gasteiger partial charge in [-0.1, -0.05) is 12.1 Å². The molecule has 3 nitrogen and oxygen atoms in total. The van der Waals surface area contributed by atoms with Crippen LogP contribution >= 0.6 is 11.3 Å². The zero-order valence-corrected chi connectivity index (χ0v) is 12.1. The van der Waals surface area contributed by atoms with Gasteiger partial charge in [0, 0.05) is 13.1 Å². The zero-order chi connectivity index (χ0) is 14.4. The number of amides is 1. The number of hydrogen-bond acceptors (Lipinski definition) is 3. The van der Waals surface area contributed by atoms with Gasteiger partial charge in [-0.05, 0) is 47.1 Å². The van der Waals surface area contributed by atoms with Gasteiger partial charge in [-0.25, -0.2) is 4.39 Å². The van der Waals surface area contributed by atoms with Gasteiger partial charge in [0.25, 0.3) is 0 Å². The molecule has 0 aliphatic carbocycles. The van der Waals surface area contributed by atoms with Crippen LogP contribution in [0.3, 0.4) is 0 Å². The van der Waals surface area contributed by atoms with Crippen LogP contribution in [0.25, 0.3) is 0 Å². The van der Waals surface area contributed by atoms with E-state index in [-0.39, 0.29) is 11.7 Å². The molecule has 2 aromatic rings. The number of hydrogen-bond donors (Lipinski definition) is 1. The van der Waals surface area contributed by atoms with Crippen molar-refractivity contribution in [3.05, 3.63) is 58.0 Å². The average molecular weight is 292 g/mol. The molecule has 0 aliphatic rings. The lowest BCUT2D eigenvalue weighted by molar-refractivity contribution is -0.122. The lowest BCUT2D eigenvalue weighted by Crippen LogP contribution is -2.34. The summed E-state index contributed by atoms with van der Waals surface area (Å²) in [5, 5.41) is 6.93. The molecule has 1 aromatic carbocycles. The van der Waals surface area contributed by atoms with Gasteiger partial charge in [0.2, 0.25) is 5.91 Å². The van der Waals surface area contributed by atoms with E-state index in [1.54, 1.807) is 23.5 Å². The Kier molecular flexibility index (Phi) is 5.26. The molecule has 0 unspecified atom stereocenters. The van der Waals surface area contributed by atoms with Gasteiger partial charge in [0.15, 0.2) is 0 Å². The first kappa shape index (κ1) is 14.7. The van der Waals surface area contributed by atoms with Crippen molar-refractivity contribution in [3.8, 4) is 0 Å². The Labute approximate surface area is 122 Å². The first-order valence-electron chi connectivity index (χ1n) is 6.34. The molecule has 0 spiro atoms. The molecule has 0 saturated carbocycles. The summed E-state index contributed by atoms with van der Waals surface area (Å²) in [5.41, 5.74) is 2.10. The third kappa shape index (κ3) is 4.75. The van der Waals surface area contributed by atoms with Gasteiger partial charge in [0.05, 0.1) is 6.54 Å². The van der Waals surface area contributed by atoms with E-state index in [0.29, 0.717) is 13.1 Å². The summed E-state index contributed by atoms with van der Waals surface area (Å²) in [7, 11) is 1.91. The molecule has 0 fully saturated rings. The van der Waals surface area contributed by atoms with Gasteiger partial charge in [-0.2, -0.15) is 11.3 Å². The number of carbonyl (C=O) groups is 1. The molecule has 0 bridgehead atoms. The normalized spacial score (nSPS) is 10.8. The van der Waals surface area contributed by atoms with Crippen LogP contribution in [0.2, 0.25) is 0 Å². The first-order chi connectivity index (χ1) is 9.63. The third-order valence-corrected chi connectivity index (χ3v) is 3.58. The van der Waals surface area contributed by atoms with Crippen molar-refractivity contribution in [1.82, 2.24) is 10.2 Å². The van der Waals surface area contributed by atoms with Crippen LogP contribution in [0.15, 0.2) is 41.1 Å². The Morgan fingerprint density at radius 3 is 2.65 bits per heavy atom. The highest BCUT2D eigenvalue weighted by Crippen LogP contribution is 2.08. The predicted molar refractivity (Wildman–Crippen MR) is 78.9 cm³/mol. The monoisotopic (exact) mass is 292 g/mol. The molecular weight excluding hydrogens is 275 g/mol. The van der Waals surface area contributed by atoms with Crippen LogP contribution in [0.1, 0.15) is 11.1 Å². The van der Waals surface area contributed by atoms with Gasteiger partial charge in [-0.3, -0.25) is 9.69 Å². The van der Waals surface area contributed by atoms with Gasteiger partial charge < -0.3 is 5.32 Å². The molecule has 20 heavy (non-hydrogen) atoms. The van der Waals surface area contributed by atoms with Crippen molar-refractivity contribution < 1.29 is 9.18 Å². The molecule has 106 valence electrons. The van der Waals surface area contributed by atoms with Crippen molar-refractivity contribution in [2.24, 2.45) is 0 Å². The first-order valence-corrected chi connectivity index (χ1v) is 7.28. The van der Waals surface area contributed by atoms with Crippen molar-refractivity contribution in [1.29, 1.82) is 0 Å². The van der Waals surface area contributed by atoms with E-state index in [4.69, 9.17) is 0 Å². The summed E-state index contributed by atoms with van der Waals surface area (Å²) >= 11 is 1.65. The molecule has 0 radical (unpaired) electrons. The Hall–Kier alpha value is -1.72. The number of halogens is 1. The van der Waals surface area contributed by atoms with Crippen LogP contribution in [0.4, 0.5) is 4.39 Å². The number of likely N-dealkylation sites (N-methyl/N-ethyl adjacent to an activating group) is 1. The number of thiophene rings is 1. The Balaban J connectivity index is 1.73. The van der Waals surface area contributed by atoms with Crippen LogP contribution in [0.5, 0.6) is 0 Å². The molecule has 2 rings (SSSR count). The van der Waals surface area contributed by atoms with Gasteiger partial charge >= 0.3 is 0 Å². The Bertz CT molecular complexity index is 540. The SMILES string of the molecule is CN(CC(=O)NCc1ccc(F)cc1)Cc1ccsc1. The summed E-state index contributed by atoms with van der Waals surface area (Å²) in [5.74, 6) is -0.303. The number of rotatable bonds is 6. The largest absolute Gasteiger partial charge is 0.351 e. The van der Waals surface area contributed by atoms with Gasteiger partial charge in [0.1, 0.15) is 5.82 Å². The van der Waals surface area contributed by atoms with Crippen molar-refractivity contribution in [3.63, 3.8) is 0 Å². The summed E-state index contributed by atoms with van der Waals surface area (Å²) in [6.07, 6.45) is 0. The molecule has 0 aliphatic heterocycles. The lowest BCUT2D eigenvalue weighted by Gasteiger charge is -2.15. The van der Waals surface area contributed by atoms with Gasteiger partial charge in [-0.15, -0.1) is 0 Å². The second-order valence-electron chi connectivity index (χ2n) is 4.71. The fourth-order valence-corrected chi connectivity index (χ4v) is 2.51. The van der Waals surface area contributed by atoms with E-state index in [9.17, 15) is 9.18 Å². The maximum atomic E-state index is 12.7. The van der Waals surface area contributed by atoms with Crippen LogP contribution in [-0.4, -0.2) is 24.4 Å². The highest BCUT2D eigenvalue weighted by molar-refractivity contribution is 7.07. The van der Waals surface area contributed by atoms with E-state index in [1.165, 1.54) is 17.7 Å². The average Bonchev–Trinajstić information content (AvgIpc) is 2.90.